The molecule has 1 amide bonds. The van der Waals surface area contributed by atoms with Gasteiger partial charge in [-0.25, -0.2) is 4.39 Å². The Morgan fingerprint density at radius 3 is 2.42 bits per heavy atom. The summed E-state index contributed by atoms with van der Waals surface area (Å²) in [6.45, 7) is 0. The third-order valence-electron chi connectivity index (χ3n) is 4.31. The van der Waals surface area contributed by atoms with Crippen LogP contribution in [0.25, 0.3) is 0 Å². The molecule has 0 aromatic heterocycles. The second-order valence-corrected chi connectivity index (χ2v) is 6.70. The fourth-order valence-electron chi connectivity index (χ4n) is 3.07. The van der Waals surface area contributed by atoms with Gasteiger partial charge in [-0.2, -0.15) is 0 Å². The van der Waals surface area contributed by atoms with Crippen molar-refractivity contribution < 1.29 is 9.18 Å². The quantitative estimate of drug-likeness (QED) is 0.594. The minimum Gasteiger partial charge on any atom is -0.360 e. The SMILES string of the molecule is O=C1c2ccccc2N[C@@H](c2ccccc2Cl)N1c1ccc(F)c(Cl)c1. The lowest BCUT2D eigenvalue weighted by atomic mass is 10.0. The van der Waals surface area contributed by atoms with E-state index in [2.05, 4.69) is 5.32 Å². The normalized spacial score (nSPS) is 16.2. The van der Waals surface area contributed by atoms with Gasteiger partial charge in [0.25, 0.3) is 5.91 Å². The number of nitrogens with one attached hydrogen (secondary N) is 1. The van der Waals surface area contributed by atoms with Crippen molar-refractivity contribution in [1.29, 1.82) is 0 Å². The van der Waals surface area contributed by atoms with Crippen LogP contribution in [-0.4, -0.2) is 5.91 Å². The maximum atomic E-state index is 13.6. The van der Waals surface area contributed by atoms with Gasteiger partial charge in [0.15, 0.2) is 0 Å². The van der Waals surface area contributed by atoms with Gasteiger partial charge in [-0.05, 0) is 36.4 Å². The Labute approximate surface area is 160 Å². The third-order valence-corrected chi connectivity index (χ3v) is 4.94. The van der Waals surface area contributed by atoms with E-state index >= 15 is 0 Å². The van der Waals surface area contributed by atoms with Crippen molar-refractivity contribution in [2.45, 2.75) is 6.17 Å². The Morgan fingerprint density at radius 1 is 0.923 bits per heavy atom. The van der Waals surface area contributed by atoms with Gasteiger partial charge >= 0.3 is 0 Å². The lowest BCUT2D eigenvalue weighted by Gasteiger charge is -2.38. The molecule has 3 nitrogen and oxygen atoms in total. The van der Waals surface area contributed by atoms with Crippen molar-refractivity contribution in [2.75, 3.05) is 10.2 Å². The van der Waals surface area contributed by atoms with Crippen molar-refractivity contribution in [3.8, 4) is 0 Å². The van der Waals surface area contributed by atoms with Crippen LogP contribution in [0.5, 0.6) is 0 Å². The molecule has 26 heavy (non-hydrogen) atoms. The first-order chi connectivity index (χ1) is 12.6. The highest BCUT2D eigenvalue weighted by Gasteiger charge is 2.35. The van der Waals surface area contributed by atoms with Crippen LogP contribution in [0.4, 0.5) is 15.8 Å². The molecule has 1 aliphatic rings. The number of nitrogens with zero attached hydrogens (tertiary/aromatic N) is 1. The van der Waals surface area contributed by atoms with Crippen LogP contribution in [0, 0.1) is 5.82 Å². The fourth-order valence-corrected chi connectivity index (χ4v) is 3.48. The topological polar surface area (TPSA) is 32.3 Å². The Morgan fingerprint density at radius 2 is 1.65 bits per heavy atom. The number of rotatable bonds is 2. The van der Waals surface area contributed by atoms with Crippen LogP contribution < -0.4 is 10.2 Å². The summed E-state index contributed by atoms with van der Waals surface area (Å²) in [6, 6.07) is 18.7. The molecule has 0 saturated heterocycles. The number of hydrogen-bond acceptors (Lipinski definition) is 2. The zero-order chi connectivity index (χ0) is 18.3. The first kappa shape index (κ1) is 16.9. The predicted octanol–water partition coefficient (Wildman–Crippen LogP) is 5.90. The van der Waals surface area contributed by atoms with E-state index in [-0.39, 0.29) is 10.9 Å². The van der Waals surface area contributed by atoms with Crippen LogP contribution in [0.2, 0.25) is 10.0 Å². The molecule has 1 atom stereocenters. The van der Waals surface area contributed by atoms with E-state index in [1.807, 2.05) is 30.3 Å². The average Bonchev–Trinajstić information content (AvgIpc) is 2.65. The average molecular weight is 387 g/mol. The van der Waals surface area contributed by atoms with Gasteiger partial charge in [-0.3, -0.25) is 9.69 Å². The Kier molecular flexibility index (Phi) is 4.31. The zero-order valence-corrected chi connectivity index (χ0v) is 14.9. The summed E-state index contributed by atoms with van der Waals surface area (Å²) in [5, 5.41) is 3.83. The molecule has 1 N–H and O–H groups in total. The van der Waals surface area contributed by atoms with Crippen LogP contribution >= 0.6 is 23.2 Å². The Balaban J connectivity index is 1.90. The van der Waals surface area contributed by atoms with Crippen molar-refractivity contribution in [3.63, 3.8) is 0 Å². The number of halogens is 3. The van der Waals surface area contributed by atoms with E-state index in [4.69, 9.17) is 23.2 Å². The molecule has 1 aliphatic heterocycles. The second kappa shape index (κ2) is 6.63. The minimum absolute atomic E-state index is 0.0490. The number of hydrogen-bond donors (Lipinski definition) is 1. The second-order valence-electron chi connectivity index (χ2n) is 5.89. The summed E-state index contributed by atoms with van der Waals surface area (Å²) in [6.07, 6.45) is -0.548. The molecule has 0 bridgehead atoms. The summed E-state index contributed by atoms with van der Waals surface area (Å²) in [5.41, 5.74) is 2.45. The highest BCUT2D eigenvalue weighted by molar-refractivity contribution is 6.32. The molecule has 0 aliphatic carbocycles. The number of para-hydroxylation sites is 1. The van der Waals surface area contributed by atoms with Gasteiger partial charge in [-0.15, -0.1) is 0 Å². The van der Waals surface area contributed by atoms with E-state index in [1.54, 1.807) is 18.2 Å². The van der Waals surface area contributed by atoms with Gasteiger partial charge in [0.05, 0.1) is 10.6 Å². The summed E-state index contributed by atoms with van der Waals surface area (Å²) >= 11 is 12.3. The van der Waals surface area contributed by atoms with E-state index in [9.17, 15) is 9.18 Å². The van der Waals surface area contributed by atoms with Gasteiger partial charge in [0, 0.05) is 22.0 Å². The largest absolute Gasteiger partial charge is 0.360 e. The van der Waals surface area contributed by atoms with E-state index < -0.39 is 12.0 Å². The number of amides is 1. The van der Waals surface area contributed by atoms with E-state index in [1.165, 1.54) is 23.1 Å². The van der Waals surface area contributed by atoms with E-state index in [0.717, 1.165) is 5.56 Å². The van der Waals surface area contributed by atoms with Crippen LogP contribution in [0.3, 0.4) is 0 Å². The van der Waals surface area contributed by atoms with Crippen molar-refractivity contribution in [3.05, 3.63) is 93.7 Å². The molecule has 0 fully saturated rings. The highest BCUT2D eigenvalue weighted by atomic mass is 35.5. The zero-order valence-electron chi connectivity index (χ0n) is 13.4. The first-order valence-electron chi connectivity index (χ1n) is 7.95. The molecular formula is C20H13Cl2FN2O. The number of carbonyl (C=O) groups is 1. The monoisotopic (exact) mass is 386 g/mol. The Hall–Kier alpha value is -2.56. The summed E-state index contributed by atoms with van der Waals surface area (Å²) < 4.78 is 13.6. The van der Waals surface area contributed by atoms with Crippen molar-refractivity contribution >= 4 is 40.5 Å². The molecular weight excluding hydrogens is 374 g/mol. The molecule has 3 aromatic carbocycles. The third kappa shape index (κ3) is 2.81. The molecule has 0 spiro atoms. The summed E-state index contributed by atoms with van der Waals surface area (Å²) in [5.74, 6) is -0.755. The van der Waals surface area contributed by atoms with E-state index in [0.29, 0.717) is 22.0 Å². The number of carbonyl (C=O) groups excluding carboxylic acids is 1. The van der Waals surface area contributed by atoms with Gasteiger partial charge < -0.3 is 5.32 Å². The fraction of sp³-hybridized carbons (Fsp3) is 0.0500. The molecule has 3 aromatic rings. The predicted molar refractivity (Wildman–Crippen MR) is 102 cm³/mol. The Bertz CT molecular complexity index is 1010. The van der Waals surface area contributed by atoms with Crippen LogP contribution in [-0.2, 0) is 0 Å². The number of fused-ring (bicyclic) bond motifs is 1. The number of benzene rings is 3. The molecule has 0 saturated carbocycles. The molecule has 130 valence electrons. The molecule has 0 radical (unpaired) electrons. The summed E-state index contributed by atoms with van der Waals surface area (Å²) in [4.78, 5) is 14.8. The lowest BCUT2D eigenvalue weighted by Crippen LogP contribution is -2.43. The molecule has 1 heterocycles. The highest BCUT2D eigenvalue weighted by Crippen LogP contribution is 2.39. The maximum Gasteiger partial charge on any atom is 0.262 e. The summed E-state index contributed by atoms with van der Waals surface area (Å²) in [7, 11) is 0. The maximum absolute atomic E-state index is 13.6. The van der Waals surface area contributed by atoms with Gasteiger partial charge in [0.1, 0.15) is 12.0 Å². The molecule has 0 unspecified atom stereocenters. The van der Waals surface area contributed by atoms with Crippen LogP contribution in [0.1, 0.15) is 22.1 Å². The minimum atomic E-state index is -0.548. The molecule has 4 rings (SSSR count). The first-order valence-corrected chi connectivity index (χ1v) is 8.70. The molecule has 6 heteroatoms. The van der Waals surface area contributed by atoms with Crippen molar-refractivity contribution in [1.82, 2.24) is 0 Å². The standard InChI is InChI=1S/C20H13Cl2FN2O/c21-15-7-3-1-5-13(15)19-24-18-8-4-2-6-14(18)20(26)25(19)12-9-10-17(23)16(22)11-12/h1-11,19,24H/t19-/m1/s1. The number of anilines is 2. The van der Waals surface area contributed by atoms with Crippen LogP contribution in [0.15, 0.2) is 66.7 Å². The lowest BCUT2D eigenvalue weighted by molar-refractivity contribution is 0.0975. The van der Waals surface area contributed by atoms with Gasteiger partial charge in [-0.1, -0.05) is 53.5 Å². The smallest absolute Gasteiger partial charge is 0.262 e. The van der Waals surface area contributed by atoms with Gasteiger partial charge in [0.2, 0.25) is 0 Å². The van der Waals surface area contributed by atoms with Crippen molar-refractivity contribution in [2.24, 2.45) is 0 Å².